The fourth-order valence-corrected chi connectivity index (χ4v) is 4.00. The Balaban J connectivity index is 1.65. The number of hydrogen-bond donors (Lipinski definition) is 2. The Labute approximate surface area is 131 Å². The second kappa shape index (κ2) is 5.89. The lowest BCUT2D eigenvalue weighted by atomic mass is 9.95. The first-order chi connectivity index (χ1) is 10.5. The highest BCUT2D eigenvalue weighted by molar-refractivity contribution is 6.09. The van der Waals surface area contributed by atoms with Crippen molar-refractivity contribution in [1.29, 1.82) is 0 Å². The lowest BCUT2D eigenvalue weighted by Gasteiger charge is -2.27. The summed E-state index contributed by atoms with van der Waals surface area (Å²) < 4.78 is 0. The zero-order valence-electron chi connectivity index (χ0n) is 13.2. The lowest BCUT2D eigenvalue weighted by Crippen LogP contribution is -2.52. The molecule has 1 saturated heterocycles. The summed E-state index contributed by atoms with van der Waals surface area (Å²) in [5, 5.41) is 5.83. The van der Waals surface area contributed by atoms with Gasteiger partial charge in [0.2, 0.25) is 5.91 Å². The molecule has 1 spiro atoms. The number of rotatable bonds is 3. The van der Waals surface area contributed by atoms with Gasteiger partial charge in [-0.3, -0.25) is 9.59 Å². The number of urea groups is 1. The third-order valence-corrected chi connectivity index (χ3v) is 5.37. The normalized spacial score (nSPS) is 26.3. The van der Waals surface area contributed by atoms with Crippen LogP contribution in [0, 0.1) is 0 Å². The molecule has 1 aliphatic heterocycles. The molecule has 22 heavy (non-hydrogen) atoms. The van der Waals surface area contributed by atoms with Crippen LogP contribution in [0.3, 0.4) is 0 Å². The van der Waals surface area contributed by atoms with Crippen molar-refractivity contribution in [2.45, 2.75) is 82.3 Å². The van der Waals surface area contributed by atoms with Gasteiger partial charge in [-0.05, 0) is 32.6 Å². The molecular formula is C16H25N3O3. The van der Waals surface area contributed by atoms with Crippen LogP contribution in [0.5, 0.6) is 0 Å². The summed E-state index contributed by atoms with van der Waals surface area (Å²) in [7, 11) is 0. The van der Waals surface area contributed by atoms with Gasteiger partial charge in [-0.25, -0.2) is 9.69 Å². The topological polar surface area (TPSA) is 78.5 Å². The van der Waals surface area contributed by atoms with E-state index in [-0.39, 0.29) is 17.9 Å². The smallest absolute Gasteiger partial charge is 0.325 e. The van der Waals surface area contributed by atoms with E-state index in [0.717, 1.165) is 43.4 Å². The molecule has 0 bridgehead atoms. The molecule has 2 saturated carbocycles. The van der Waals surface area contributed by atoms with E-state index in [4.69, 9.17) is 0 Å². The van der Waals surface area contributed by atoms with Crippen molar-refractivity contribution in [3.05, 3.63) is 0 Å². The number of imide groups is 1. The minimum Gasteiger partial charge on any atom is -0.352 e. The summed E-state index contributed by atoms with van der Waals surface area (Å²) >= 11 is 0. The van der Waals surface area contributed by atoms with Crippen molar-refractivity contribution in [2.75, 3.05) is 0 Å². The first kappa shape index (κ1) is 15.3. The second-order valence-corrected chi connectivity index (χ2v) is 6.91. The molecule has 2 aliphatic carbocycles. The second-order valence-electron chi connectivity index (χ2n) is 6.91. The van der Waals surface area contributed by atoms with E-state index in [1.54, 1.807) is 6.92 Å². The molecular weight excluding hydrogens is 282 g/mol. The third kappa shape index (κ3) is 2.59. The van der Waals surface area contributed by atoms with Crippen LogP contribution in [-0.2, 0) is 9.59 Å². The van der Waals surface area contributed by atoms with E-state index in [0.29, 0.717) is 12.8 Å². The Morgan fingerprint density at radius 1 is 1.18 bits per heavy atom. The summed E-state index contributed by atoms with van der Waals surface area (Å²) in [6, 6.07) is -0.975. The largest absolute Gasteiger partial charge is 0.352 e. The van der Waals surface area contributed by atoms with E-state index in [1.165, 1.54) is 6.42 Å². The van der Waals surface area contributed by atoms with Gasteiger partial charge in [0.15, 0.2) is 0 Å². The maximum atomic E-state index is 12.6. The molecule has 3 rings (SSSR count). The highest BCUT2D eigenvalue weighted by Gasteiger charge is 2.54. The Morgan fingerprint density at radius 2 is 1.82 bits per heavy atom. The monoisotopic (exact) mass is 307 g/mol. The molecule has 6 nitrogen and oxygen atoms in total. The van der Waals surface area contributed by atoms with Gasteiger partial charge in [0.1, 0.15) is 11.6 Å². The molecule has 1 heterocycles. The van der Waals surface area contributed by atoms with Crippen LogP contribution in [0.1, 0.15) is 64.7 Å². The van der Waals surface area contributed by atoms with E-state index >= 15 is 0 Å². The maximum Gasteiger partial charge on any atom is 0.325 e. The first-order valence-corrected chi connectivity index (χ1v) is 8.50. The Morgan fingerprint density at radius 3 is 2.45 bits per heavy atom. The zero-order chi connectivity index (χ0) is 15.7. The average molecular weight is 307 g/mol. The van der Waals surface area contributed by atoms with Crippen molar-refractivity contribution in [3.63, 3.8) is 0 Å². The molecule has 0 aromatic carbocycles. The zero-order valence-corrected chi connectivity index (χ0v) is 13.2. The van der Waals surface area contributed by atoms with Gasteiger partial charge in [0.05, 0.1) is 0 Å². The summed E-state index contributed by atoms with van der Waals surface area (Å²) in [5.41, 5.74) is -0.740. The fourth-order valence-electron chi connectivity index (χ4n) is 4.00. The van der Waals surface area contributed by atoms with Gasteiger partial charge in [0.25, 0.3) is 5.91 Å². The quantitative estimate of drug-likeness (QED) is 0.779. The summed E-state index contributed by atoms with van der Waals surface area (Å²) in [4.78, 5) is 38.4. The van der Waals surface area contributed by atoms with Crippen LogP contribution < -0.4 is 10.6 Å². The minimum absolute atomic E-state index is 0.185. The van der Waals surface area contributed by atoms with Crippen LogP contribution >= 0.6 is 0 Å². The van der Waals surface area contributed by atoms with Crippen LogP contribution in [0.4, 0.5) is 4.79 Å². The molecule has 0 aromatic heterocycles. The van der Waals surface area contributed by atoms with Crippen molar-refractivity contribution in [1.82, 2.24) is 15.5 Å². The molecule has 1 unspecified atom stereocenters. The van der Waals surface area contributed by atoms with Crippen molar-refractivity contribution >= 4 is 17.8 Å². The fraction of sp³-hybridized carbons (Fsp3) is 0.812. The predicted octanol–water partition coefficient (Wildman–Crippen LogP) is 1.69. The Kier molecular flexibility index (Phi) is 4.10. The molecule has 3 fully saturated rings. The van der Waals surface area contributed by atoms with Gasteiger partial charge in [-0.15, -0.1) is 0 Å². The van der Waals surface area contributed by atoms with E-state index in [2.05, 4.69) is 10.6 Å². The lowest BCUT2D eigenvalue weighted by molar-refractivity contribution is -0.138. The summed E-state index contributed by atoms with van der Waals surface area (Å²) in [5.74, 6) is -0.438. The molecule has 6 heteroatoms. The Bertz CT molecular complexity index is 479. The molecule has 1 atom stereocenters. The number of nitrogens with one attached hydrogen (secondary N) is 2. The van der Waals surface area contributed by atoms with Gasteiger partial charge < -0.3 is 10.6 Å². The van der Waals surface area contributed by atoms with Gasteiger partial charge in [0, 0.05) is 6.04 Å². The highest BCUT2D eigenvalue weighted by atomic mass is 16.2. The first-order valence-electron chi connectivity index (χ1n) is 8.50. The Hall–Kier alpha value is -1.59. The summed E-state index contributed by atoms with van der Waals surface area (Å²) in [6.07, 6.45) is 8.72. The van der Waals surface area contributed by atoms with Crippen LogP contribution in [0.25, 0.3) is 0 Å². The molecule has 122 valence electrons. The highest BCUT2D eigenvalue weighted by Crippen LogP contribution is 2.35. The van der Waals surface area contributed by atoms with E-state index < -0.39 is 17.6 Å². The number of amides is 4. The van der Waals surface area contributed by atoms with Gasteiger partial charge >= 0.3 is 6.03 Å². The van der Waals surface area contributed by atoms with Crippen LogP contribution in [0.15, 0.2) is 0 Å². The summed E-state index contributed by atoms with van der Waals surface area (Å²) in [6.45, 7) is 1.64. The van der Waals surface area contributed by atoms with Gasteiger partial charge in [-0.1, -0.05) is 32.1 Å². The van der Waals surface area contributed by atoms with Gasteiger partial charge in [-0.2, -0.15) is 0 Å². The molecule has 0 aromatic rings. The predicted molar refractivity (Wildman–Crippen MR) is 81.1 cm³/mol. The standard InChI is InChI=1S/C16H25N3O3/c1-11(13(20)17-12-7-3-2-4-8-12)19-14(21)16(18-15(19)22)9-5-6-10-16/h11-12H,2-10H2,1H3,(H,17,20)(H,18,22). The van der Waals surface area contributed by atoms with Crippen LogP contribution in [-0.4, -0.2) is 40.4 Å². The third-order valence-electron chi connectivity index (χ3n) is 5.37. The molecule has 3 aliphatic rings. The number of nitrogens with zero attached hydrogens (tertiary/aromatic N) is 1. The SMILES string of the molecule is CC(C(=O)NC1CCCCC1)N1C(=O)NC2(CCCC2)C1=O. The molecule has 4 amide bonds. The minimum atomic E-state index is -0.741. The van der Waals surface area contributed by atoms with E-state index in [1.807, 2.05) is 0 Å². The number of hydrogen-bond acceptors (Lipinski definition) is 3. The number of carbonyl (C=O) groups excluding carboxylic acids is 3. The maximum absolute atomic E-state index is 12.6. The van der Waals surface area contributed by atoms with Crippen molar-refractivity contribution < 1.29 is 14.4 Å². The average Bonchev–Trinajstić information content (AvgIpc) is 3.06. The molecule has 0 radical (unpaired) electrons. The van der Waals surface area contributed by atoms with Crippen molar-refractivity contribution in [3.8, 4) is 0 Å². The van der Waals surface area contributed by atoms with Crippen molar-refractivity contribution in [2.24, 2.45) is 0 Å². The van der Waals surface area contributed by atoms with Crippen LogP contribution in [0.2, 0.25) is 0 Å². The molecule has 2 N–H and O–H groups in total. The van der Waals surface area contributed by atoms with E-state index in [9.17, 15) is 14.4 Å². The number of carbonyl (C=O) groups is 3.